The minimum absolute atomic E-state index is 0.0181. The fourth-order valence-corrected chi connectivity index (χ4v) is 1.77. The van der Waals surface area contributed by atoms with E-state index in [2.05, 4.69) is 43.0 Å². The quantitative estimate of drug-likeness (QED) is 0.822. The highest BCUT2D eigenvalue weighted by atomic mass is 16.5. The first kappa shape index (κ1) is 16.1. The van der Waals surface area contributed by atoms with E-state index < -0.39 is 0 Å². The van der Waals surface area contributed by atoms with Crippen molar-refractivity contribution in [2.45, 2.75) is 65.6 Å². The van der Waals surface area contributed by atoms with Gasteiger partial charge in [0, 0.05) is 24.9 Å². The van der Waals surface area contributed by atoms with Crippen molar-refractivity contribution in [2.75, 3.05) is 6.61 Å². The third-order valence-corrected chi connectivity index (χ3v) is 2.74. The number of rotatable bonds is 7. The van der Waals surface area contributed by atoms with E-state index >= 15 is 0 Å². The third kappa shape index (κ3) is 6.12. The topological polar surface area (TPSA) is 47.0 Å². The zero-order valence-corrected chi connectivity index (χ0v) is 12.9. The van der Waals surface area contributed by atoms with Gasteiger partial charge in [0.2, 0.25) is 0 Å². The van der Waals surface area contributed by atoms with Crippen LogP contribution in [0.4, 0.5) is 0 Å². The summed E-state index contributed by atoms with van der Waals surface area (Å²) in [4.78, 5) is 8.97. The molecule has 0 amide bonds. The zero-order chi connectivity index (χ0) is 14.3. The van der Waals surface area contributed by atoms with Crippen molar-refractivity contribution in [3.05, 3.63) is 23.8 Å². The molecule has 0 aliphatic carbocycles. The van der Waals surface area contributed by atoms with E-state index in [1.54, 1.807) is 0 Å². The highest BCUT2D eigenvalue weighted by Gasteiger charge is 2.15. The lowest BCUT2D eigenvalue weighted by molar-refractivity contribution is 0.0492. The summed E-state index contributed by atoms with van der Waals surface area (Å²) < 4.78 is 5.72. The number of nitrogens with zero attached hydrogens (tertiary/aromatic N) is 2. The van der Waals surface area contributed by atoms with Crippen LogP contribution < -0.4 is 5.32 Å². The van der Waals surface area contributed by atoms with E-state index in [1.165, 1.54) is 0 Å². The number of nitrogens with one attached hydrogen (secondary N) is 1. The average molecular weight is 265 g/mol. The summed E-state index contributed by atoms with van der Waals surface area (Å²) in [5.41, 5.74) is 1.11. The van der Waals surface area contributed by atoms with Gasteiger partial charge in [-0.05, 0) is 40.2 Å². The van der Waals surface area contributed by atoms with Gasteiger partial charge < -0.3 is 10.1 Å². The second kappa shape index (κ2) is 7.56. The Bertz CT molecular complexity index is 368. The lowest BCUT2D eigenvalue weighted by Crippen LogP contribution is -2.35. The zero-order valence-electron chi connectivity index (χ0n) is 12.9. The lowest BCUT2D eigenvalue weighted by Gasteiger charge is -2.21. The molecule has 1 N–H and O–H groups in total. The summed E-state index contributed by atoms with van der Waals surface area (Å²) in [6.45, 7) is 12.0. The van der Waals surface area contributed by atoms with E-state index in [1.807, 2.05) is 19.2 Å². The van der Waals surface area contributed by atoms with Crippen LogP contribution in [0.1, 0.15) is 65.1 Å². The second-order valence-corrected chi connectivity index (χ2v) is 5.74. The first-order chi connectivity index (χ1) is 8.96. The largest absolute Gasteiger partial charge is 0.371 e. The lowest BCUT2D eigenvalue weighted by atomic mass is 10.1. The van der Waals surface area contributed by atoms with Crippen LogP contribution in [0.2, 0.25) is 0 Å². The molecule has 4 nitrogen and oxygen atoms in total. The Kier molecular flexibility index (Phi) is 6.38. The van der Waals surface area contributed by atoms with Crippen molar-refractivity contribution in [1.29, 1.82) is 0 Å². The Morgan fingerprint density at radius 1 is 1.32 bits per heavy atom. The van der Waals surface area contributed by atoms with Gasteiger partial charge >= 0.3 is 0 Å². The van der Waals surface area contributed by atoms with Crippen LogP contribution in [0.5, 0.6) is 0 Å². The molecule has 0 spiro atoms. The summed E-state index contributed by atoms with van der Waals surface area (Å²) in [5.74, 6) is 0.803. The van der Waals surface area contributed by atoms with E-state index in [4.69, 9.17) is 4.74 Å². The van der Waals surface area contributed by atoms with Crippen LogP contribution in [-0.2, 0) is 11.3 Å². The van der Waals surface area contributed by atoms with Crippen LogP contribution in [0.15, 0.2) is 12.3 Å². The Labute approximate surface area is 117 Å². The molecule has 0 saturated carbocycles. The first-order valence-corrected chi connectivity index (χ1v) is 7.14. The molecular weight excluding hydrogens is 238 g/mol. The van der Waals surface area contributed by atoms with E-state index in [9.17, 15) is 0 Å². The van der Waals surface area contributed by atoms with Crippen LogP contribution in [0, 0.1) is 0 Å². The van der Waals surface area contributed by atoms with Crippen molar-refractivity contribution < 1.29 is 4.74 Å². The molecule has 1 aromatic rings. The highest BCUT2D eigenvalue weighted by Crippen LogP contribution is 2.19. The van der Waals surface area contributed by atoms with Gasteiger partial charge in [-0.1, -0.05) is 13.3 Å². The van der Waals surface area contributed by atoms with Crippen LogP contribution in [0.3, 0.4) is 0 Å². The van der Waals surface area contributed by atoms with E-state index in [0.717, 1.165) is 30.9 Å². The molecule has 0 aliphatic heterocycles. The molecule has 1 rings (SSSR count). The molecule has 0 bridgehead atoms. The Morgan fingerprint density at radius 2 is 2.05 bits per heavy atom. The summed E-state index contributed by atoms with van der Waals surface area (Å²) >= 11 is 0. The van der Waals surface area contributed by atoms with Gasteiger partial charge in [0.25, 0.3) is 0 Å². The molecule has 1 unspecified atom stereocenters. The maximum atomic E-state index is 5.72. The summed E-state index contributed by atoms with van der Waals surface area (Å²) in [6.07, 6.45) is 3.87. The molecule has 0 radical (unpaired) electrons. The monoisotopic (exact) mass is 265 g/mol. The Morgan fingerprint density at radius 3 is 2.63 bits per heavy atom. The molecule has 0 aliphatic rings. The number of hydrogen-bond acceptors (Lipinski definition) is 4. The smallest absolute Gasteiger partial charge is 0.157 e. The minimum Gasteiger partial charge on any atom is -0.371 e. The van der Waals surface area contributed by atoms with Gasteiger partial charge in [-0.3, -0.25) is 0 Å². The molecule has 1 atom stereocenters. The average Bonchev–Trinajstić information content (AvgIpc) is 2.36. The maximum absolute atomic E-state index is 5.72. The van der Waals surface area contributed by atoms with Crippen molar-refractivity contribution in [3.8, 4) is 0 Å². The maximum Gasteiger partial charge on any atom is 0.157 e. The van der Waals surface area contributed by atoms with Gasteiger partial charge in [-0.15, -0.1) is 0 Å². The molecule has 0 fully saturated rings. The Balaban J connectivity index is 2.74. The molecule has 108 valence electrons. The van der Waals surface area contributed by atoms with E-state index in [0.29, 0.717) is 6.61 Å². The van der Waals surface area contributed by atoms with E-state index in [-0.39, 0.29) is 11.6 Å². The predicted molar refractivity (Wildman–Crippen MR) is 77.9 cm³/mol. The first-order valence-electron chi connectivity index (χ1n) is 7.14. The van der Waals surface area contributed by atoms with Crippen LogP contribution >= 0.6 is 0 Å². The Hall–Kier alpha value is -1.00. The SMILES string of the molecule is CCCC(OCC)c1nccc(CNC(C)(C)C)n1. The van der Waals surface area contributed by atoms with Crippen molar-refractivity contribution >= 4 is 0 Å². The number of ether oxygens (including phenoxy) is 1. The van der Waals surface area contributed by atoms with Gasteiger partial charge in [-0.2, -0.15) is 0 Å². The van der Waals surface area contributed by atoms with Crippen molar-refractivity contribution in [2.24, 2.45) is 0 Å². The predicted octanol–water partition coefficient (Wildman–Crippen LogP) is 3.24. The van der Waals surface area contributed by atoms with Gasteiger partial charge in [0.15, 0.2) is 5.82 Å². The molecular formula is C15H27N3O. The molecule has 4 heteroatoms. The minimum atomic E-state index is 0.0181. The third-order valence-electron chi connectivity index (χ3n) is 2.74. The van der Waals surface area contributed by atoms with Gasteiger partial charge in [-0.25, -0.2) is 9.97 Å². The molecule has 19 heavy (non-hydrogen) atoms. The summed E-state index contributed by atoms with van der Waals surface area (Å²) in [5, 5.41) is 3.44. The molecule has 1 heterocycles. The highest BCUT2D eigenvalue weighted by molar-refractivity contribution is 5.04. The number of hydrogen-bond donors (Lipinski definition) is 1. The van der Waals surface area contributed by atoms with Crippen LogP contribution in [-0.4, -0.2) is 22.1 Å². The number of aromatic nitrogens is 2. The van der Waals surface area contributed by atoms with Crippen molar-refractivity contribution in [1.82, 2.24) is 15.3 Å². The fourth-order valence-electron chi connectivity index (χ4n) is 1.77. The molecule has 1 aromatic heterocycles. The normalized spacial score (nSPS) is 13.5. The second-order valence-electron chi connectivity index (χ2n) is 5.74. The molecule has 0 saturated heterocycles. The summed E-state index contributed by atoms with van der Waals surface area (Å²) in [6, 6.07) is 1.96. The standard InChI is InChI=1S/C15H27N3O/c1-6-8-13(19-7-2)14-16-10-9-12(18-14)11-17-15(3,4)5/h9-10,13,17H,6-8,11H2,1-5H3. The molecule has 0 aromatic carbocycles. The van der Waals surface area contributed by atoms with Crippen LogP contribution in [0.25, 0.3) is 0 Å². The fraction of sp³-hybridized carbons (Fsp3) is 0.733. The summed E-state index contributed by atoms with van der Waals surface area (Å²) in [7, 11) is 0. The van der Waals surface area contributed by atoms with Crippen molar-refractivity contribution in [3.63, 3.8) is 0 Å². The van der Waals surface area contributed by atoms with Gasteiger partial charge in [0.1, 0.15) is 6.10 Å². The van der Waals surface area contributed by atoms with Gasteiger partial charge in [0.05, 0.1) is 5.69 Å².